The van der Waals surface area contributed by atoms with Crippen molar-refractivity contribution in [1.29, 1.82) is 0 Å². The highest BCUT2D eigenvalue weighted by Crippen LogP contribution is 2.14. The van der Waals surface area contributed by atoms with Gasteiger partial charge in [-0.15, -0.1) is 0 Å². The Balaban J connectivity index is 1.39. The number of nitrogen functional groups attached to an aromatic ring is 1. The number of urea groups is 1. The maximum Gasteiger partial charge on any atom is 0.315 e. The van der Waals surface area contributed by atoms with Gasteiger partial charge in [-0.1, -0.05) is 18.2 Å². The molecule has 3 aromatic rings. The molecular formula is C20H27N7O. The summed E-state index contributed by atoms with van der Waals surface area (Å²) in [6.07, 6.45) is 2.21. The Hall–Kier alpha value is -3.29. The standard InChI is InChI=1S/C20H27N7O/c1-14(11-17-12-15(2)24-25-17)23-20(28)22-10-6-7-16-13-19(21)27(26-16)18-8-4-3-5-9-18/h3-5,8-9,12-14H,6-7,10-11,21H2,1-2H3,(H,24,25)(H2,22,23,28). The Morgan fingerprint density at radius 2 is 2.04 bits per heavy atom. The topological polar surface area (TPSA) is 114 Å². The second-order valence-electron chi connectivity index (χ2n) is 6.96. The van der Waals surface area contributed by atoms with Gasteiger partial charge in [0, 0.05) is 30.8 Å². The summed E-state index contributed by atoms with van der Waals surface area (Å²) in [5, 5.41) is 17.5. The molecule has 1 atom stereocenters. The number of carbonyl (C=O) groups excluding carboxylic acids is 1. The summed E-state index contributed by atoms with van der Waals surface area (Å²) < 4.78 is 1.73. The van der Waals surface area contributed by atoms with Gasteiger partial charge < -0.3 is 16.4 Å². The van der Waals surface area contributed by atoms with Crippen LogP contribution in [0.3, 0.4) is 0 Å². The Bertz CT molecular complexity index is 900. The number of aromatic amines is 1. The number of nitrogens with one attached hydrogen (secondary N) is 3. The molecule has 0 aliphatic carbocycles. The fourth-order valence-electron chi connectivity index (χ4n) is 3.04. The van der Waals surface area contributed by atoms with E-state index < -0.39 is 0 Å². The van der Waals surface area contributed by atoms with Gasteiger partial charge in [0.25, 0.3) is 0 Å². The highest BCUT2D eigenvalue weighted by Gasteiger charge is 2.10. The molecule has 0 saturated heterocycles. The average Bonchev–Trinajstić information content (AvgIpc) is 3.24. The van der Waals surface area contributed by atoms with E-state index in [1.165, 1.54) is 0 Å². The molecule has 0 aliphatic rings. The third-order valence-corrected chi connectivity index (χ3v) is 4.34. The highest BCUT2D eigenvalue weighted by molar-refractivity contribution is 5.74. The van der Waals surface area contributed by atoms with E-state index in [9.17, 15) is 4.79 Å². The van der Waals surface area contributed by atoms with E-state index >= 15 is 0 Å². The molecule has 1 aromatic carbocycles. The molecule has 3 rings (SSSR count). The molecule has 148 valence electrons. The van der Waals surface area contributed by atoms with Crippen molar-refractivity contribution in [2.75, 3.05) is 12.3 Å². The summed E-state index contributed by atoms with van der Waals surface area (Å²) in [6, 6.07) is 13.5. The number of aromatic nitrogens is 4. The van der Waals surface area contributed by atoms with E-state index in [0.29, 0.717) is 18.8 Å². The number of rotatable bonds is 8. The van der Waals surface area contributed by atoms with Gasteiger partial charge in [-0.05, 0) is 44.9 Å². The molecule has 0 spiro atoms. The van der Waals surface area contributed by atoms with E-state index in [1.54, 1.807) is 4.68 Å². The van der Waals surface area contributed by atoms with Crippen LogP contribution in [0.25, 0.3) is 5.69 Å². The minimum Gasteiger partial charge on any atom is -0.384 e. The molecule has 0 bridgehead atoms. The molecule has 28 heavy (non-hydrogen) atoms. The van der Waals surface area contributed by atoms with Gasteiger partial charge in [0.2, 0.25) is 0 Å². The van der Waals surface area contributed by atoms with Gasteiger partial charge in [0.15, 0.2) is 0 Å². The minimum absolute atomic E-state index is 0.00377. The number of carbonyl (C=O) groups is 1. The summed E-state index contributed by atoms with van der Waals surface area (Å²) >= 11 is 0. The van der Waals surface area contributed by atoms with Gasteiger partial charge in [0.1, 0.15) is 5.82 Å². The number of nitrogens with zero attached hydrogens (tertiary/aromatic N) is 3. The fraction of sp³-hybridized carbons (Fsp3) is 0.350. The first kappa shape index (κ1) is 19.5. The molecule has 0 fully saturated rings. The lowest BCUT2D eigenvalue weighted by Gasteiger charge is -2.13. The molecule has 0 radical (unpaired) electrons. The van der Waals surface area contributed by atoms with Gasteiger partial charge >= 0.3 is 6.03 Å². The van der Waals surface area contributed by atoms with Gasteiger partial charge in [-0.2, -0.15) is 10.2 Å². The van der Waals surface area contributed by atoms with Crippen LogP contribution in [0.2, 0.25) is 0 Å². The number of nitrogens with two attached hydrogens (primary N) is 1. The van der Waals surface area contributed by atoms with Crippen molar-refractivity contribution in [2.24, 2.45) is 0 Å². The summed E-state index contributed by atoms with van der Waals surface area (Å²) in [5.74, 6) is 0.606. The van der Waals surface area contributed by atoms with E-state index in [4.69, 9.17) is 5.73 Å². The number of para-hydroxylation sites is 1. The lowest BCUT2D eigenvalue weighted by Crippen LogP contribution is -2.42. The van der Waals surface area contributed by atoms with Crippen LogP contribution in [0.5, 0.6) is 0 Å². The number of hydrogen-bond donors (Lipinski definition) is 4. The van der Waals surface area contributed by atoms with Crippen molar-refractivity contribution >= 4 is 11.8 Å². The quantitative estimate of drug-likeness (QED) is 0.449. The number of aryl methyl sites for hydroxylation is 2. The predicted octanol–water partition coefficient (Wildman–Crippen LogP) is 2.35. The van der Waals surface area contributed by atoms with Crippen molar-refractivity contribution in [3.8, 4) is 5.69 Å². The summed E-state index contributed by atoms with van der Waals surface area (Å²) in [6.45, 7) is 4.48. The van der Waals surface area contributed by atoms with E-state index in [2.05, 4.69) is 25.9 Å². The van der Waals surface area contributed by atoms with Crippen LogP contribution in [0, 0.1) is 6.92 Å². The fourth-order valence-corrected chi connectivity index (χ4v) is 3.04. The first-order valence-electron chi connectivity index (χ1n) is 9.46. The van der Waals surface area contributed by atoms with Crippen molar-refractivity contribution in [2.45, 2.75) is 39.2 Å². The van der Waals surface area contributed by atoms with Crippen molar-refractivity contribution in [3.63, 3.8) is 0 Å². The van der Waals surface area contributed by atoms with Crippen LogP contribution in [-0.4, -0.2) is 38.6 Å². The van der Waals surface area contributed by atoms with Gasteiger partial charge in [-0.25, -0.2) is 9.48 Å². The molecule has 8 heteroatoms. The molecule has 0 aliphatic heterocycles. The maximum atomic E-state index is 12.0. The van der Waals surface area contributed by atoms with Crippen LogP contribution in [-0.2, 0) is 12.8 Å². The first-order valence-corrected chi connectivity index (χ1v) is 9.46. The van der Waals surface area contributed by atoms with E-state index in [0.717, 1.165) is 35.6 Å². The van der Waals surface area contributed by atoms with Crippen LogP contribution in [0.15, 0.2) is 42.5 Å². The maximum absolute atomic E-state index is 12.0. The Kier molecular flexibility index (Phi) is 6.31. The summed E-state index contributed by atoms with van der Waals surface area (Å²) in [5.41, 5.74) is 9.86. The highest BCUT2D eigenvalue weighted by atomic mass is 16.2. The smallest absolute Gasteiger partial charge is 0.315 e. The first-order chi connectivity index (χ1) is 13.5. The molecule has 5 N–H and O–H groups in total. The van der Waals surface area contributed by atoms with Crippen molar-refractivity contribution < 1.29 is 4.79 Å². The summed E-state index contributed by atoms with van der Waals surface area (Å²) in [4.78, 5) is 12.0. The van der Waals surface area contributed by atoms with E-state index in [1.807, 2.05) is 56.3 Å². The van der Waals surface area contributed by atoms with Crippen molar-refractivity contribution in [1.82, 2.24) is 30.6 Å². The van der Waals surface area contributed by atoms with Crippen LogP contribution >= 0.6 is 0 Å². The lowest BCUT2D eigenvalue weighted by molar-refractivity contribution is 0.237. The summed E-state index contributed by atoms with van der Waals surface area (Å²) in [7, 11) is 0. The normalized spacial score (nSPS) is 11.9. The second kappa shape index (κ2) is 9.07. The SMILES string of the molecule is Cc1cc(CC(C)NC(=O)NCCCc2cc(N)n(-c3ccccc3)n2)n[nH]1. The van der Waals surface area contributed by atoms with Crippen LogP contribution in [0.1, 0.15) is 30.4 Å². The van der Waals surface area contributed by atoms with Crippen LogP contribution < -0.4 is 16.4 Å². The zero-order valence-corrected chi connectivity index (χ0v) is 16.3. The molecule has 8 nitrogen and oxygen atoms in total. The Morgan fingerprint density at radius 3 is 2.75 bits per heavy atom. The third kappa shape index (κ3) is 5.35. The Morgan fingerprint density at radius 1 is 1.25 bits per heavy atom. The average molecular weight is 381 g/mol. The zero-order valence-electron chi connectivity index (χ0n) is 16.3. The lowest BCUT2D eigenvalue weighted by atomic mass is 10.2. The third-order valence-electron chi connectivity index (χ3n) is 4.34. The number of amides is 2. The van der Waals surface area contributed by atoms with Crippen molar-refractivity contribution in [3.05, 3.63) is 59.5 Å². The molecule has 2 amide bonds. The molecule has 1 unspecified atom stereocenters. The van der Waals surface area contributed by atoms with Crippen LogP contribution in [0.4, 0.5) is 10.6 Å². The number of benzene rings is 1. The van der Waals surface area contributed by atoms with E-state index in [-0.39, 0.29) is 12.1 Å². The van der Waals surface area contributed by atoms with Gasteiger partial charge in [0.05, 0.1) is 17.1 Å². The largest absolute Gasteiger partial charge is 0.384 e. The zero-order chi connectivity index (χ0) is 19.9. The number of hydrogen-bond acceptors (Lipinski definition) is 4. The van der Waals surface area contributed by atoms with Gasteiger partial charge in [-0.3, -0.25) is 5.10 Å². The Labute approximate surface area is 164 Å². The monoisotopic (exact) mass is 381 g/mol. The molecule has 2 aromatic heterocycles. The molecule has 0 saturated carbocycles. The number of H-pyrrole nitrogens is 1. The second-order valence-corrected chi connectivity index (χ2v) is 6.96. The minimum atomic E-state index is -0.172. The predicted molar refractivity (Wildman–Crippen MR) is 109 cm³/mol. The molecule has 2 heterocycles. The number of anilines is 1. The molecular weight excluding hydrogens is 354 g/mol.